The van der Waals surface area contributed by atoms with E-state index < -0.39 is 16.2 Å². The topological polar surface area (TPSA) is 83.7 Å². The maximum atomic E-state index is 13.3. The average molecular weight is 434 g/mol. The number of sulfonamides is 1. The van der Waals surface area contributed by atoms with Gasteiger partial charge in [-0.1, -0.05) is 42.5 Å². The molecule has 1 aliphatic rings. The molecule has 2 aromatic rings. The van der Waals surface area contributed by atoms with Crippen molar-refractivity contribution in [1.29, 1.82) is 0 Å². The summed E-state index contributed by atoms with van der Waals surface area (Å²) in [6.45, 7) is 1.73. The first-order chi connectivity index (χ1) is 14.4. The second kappa shape index (κ2) is 10.1. The number of halogens is 1. The SMILES string of the molecule is NCC(=O)c1ccc(CN(c2ccccc2)S(=O)(=O)CCCN2CC[C@H](F)C2)cc1. The third-order valence-electron chi connectivity index (χ3n) is 5.26. The van der Waals surface area contributed by atoms with E-state index in [-0.39, 0.29) is 24.6 Å². The number of Topliss-reactive ketones (excluding diaryl/α,β-unsaturated/α-hetero) is 1. The molecule has 0 radical (unpaired) electrons. The van der Waals surface area contributed by atoms with E-state index in [9.17, 15) is 17.6 Å². The van der Waals surface area contributed by atoms with E-state index in [4.69, 9.17) is 5.73 Å². The van der Waals surface area contributed by atoms with Crippen molar-refractivity contribution >= 4 is 21.5 Å². The Morgan fingerprint density at radius 2 is 1.83 bits per heavy atom. The molecule has 0 saturated carbocycles. The molecule has 1 aliphatic heterocycles. The largest absolute Gasteiger partial charge is 0.324 e. The van der Waals surface area contributed by atoms with Gasteiger partial charge < -0.3 is 10.6 Å². The summed E-state index contributed by atoms with van der Waals surface area (Å²) in [7, 11) is -3.58. The zero-order valence-corrected chi connectivity index (χ0v) is 17.7. The Morgan fingerprint density at radius 1 is 1.13 bits per heavy atom. The van der Waals surface area contributed by atoms with Gasteiger partial charge in [0.1, 0.15) is 6.17 Å². The maximum absolute atomic E-state index is 13.3. The van der Waals surface area contributed by atoms with Crippen molar-refractivity contribution in [2.75, 3.05) is 36.2 Å². The molecule has 6 nitrogen and oxygen atoms in total. The summed E-state index contributed by atoms with van der Waals surface area (Å²) in [4.78, 5) is 13.7. The van der Waals surface area contributed by atoms with Gasteiger partial charge in [-0.3, -0.25) is 9.10 Å². The number of carbonyl (C=O) groups excluding carboxylic acids is 1. The van der Waals surface area contributed by atoms with Gasteiger partial charge in [-0.15, -0.1) is 0 Å². The third-order valence-corrected chi connectivity index (χ3v) is 7.08. The molecular formula is C22H28FN3O3S. The molecule has 0 unspecified atom stereocenters. The second-order valence-electron chi connectivity index (χ2n) is 7.52. The van der Waals surface area contributed by atoms with Crippen LogP contribution in [0.25, 0.3) is 0 Å². The summed E-state index contributed by atoms with van der Waals surface area (Å²) in [5.41, 5.74) is 7.26. The van der Waals surface area contributed by atoms with E-state index in [1.54, 1.807) is 48.5 Å². The summed E-state index contributed by atoms with van der Waals surface area (Å²) in [6.07, 6.45) is 0.157. The molecule has 0 spiro atoms. The Hall–Kier alpha value is -2.29. The minimum Gasteiger partial charge on any atom is -0.324 e. The van der Waals surface area contributed by atoms with Gasteiger partial charge >= 0.3 is 0 Å². The monoisotopic (exact) mass is 433 g/mol. The zero-order chi connectivity index (χ0) is 21.6. The number of rotatable bonds is 10. The van der Waals surface area contributed by atoms with Gasteiger partial charge in [0.05, 0.1) is 24.5 Å². The van der Waals surface area contributed by atoms with Crippen molar-refractivity contribution in [2.24, 2.45) is 5.73 Å². The average Bonchev–Trinajstić information content (AvgIpc) is 3.17. The smallest absolute Gasteiger partial charge is 0.235 e. The Bertz CT molecular complexity index is 936. The van der Waals surface area contributed by atoms with E-state index in [2.05, 4.69) is 0 Å². The molecule has 1 heterocycles. The fraction of sp³-hybridized carbons (Fsp3) is 0.409. The lowest BCUT2D eigenvalue weighted by atomic mass is 10.1. The first kappa shape index (κ1) is 22.4. The lowest BCUT2D eigenvalue weighted by Gasteiger charge is -2.25. The number of carbonyl (C=O) groups is 1. The molecule has 30 heavy (non-hydrogen) atoms. The molecule has 0 amide bonds. The number of hydrogen-bond acceptors (Lipinski definition) is 5. The summed E-state index contributed by atoms with van der Waals surface area (Å²) >= 11 is 0. The van der Waals surface area contributed by atoms with Gasteiger partial charge in [-0.25, -0.2) is 12.8 Å². The molecule has 1 atom stereocenters. The van der Waals surface area contributed by atoms with Gasteiger partial charge in [0.25, 0.3) is 0 Å². The number of likely N-dealkylation sites (tertiary alicyclic amines) is 1. The summed E-state index contributed by atoms with van der Waals surface area (Å²) in [5, 5.41) is 0. The fourth-order valence-corrected chi connectivity index (χ4v) is 5.10. The van der Waals surface area contributed by atoms with E-state index in [1.807, 2.05) is 11.0 Å². The fourth-order valence-electron chi connectivity index (χ4n) is 3.59. The quantitative estimate of drug-likeness (QED) is 0.583. The number of benzene rings is 2. The maximum Gasteiger partial charge on any atom is 0.235 e. The Kier molecular flexibility index (Phi) is 7.58. The van der Waals surface area contributed by atoms with Crippen LogP contribution in [0.15, 0.2) is 54.6 Å². The van der Waals surface area contributed by atoms with Crippen LogP contribution in [0.5, 0.6) is 0 Å². The predicted octanol–water partition coefficient (Wildman–Crippen LogP) is 2.60. The van der Waals surface area contributed by atoms with E-state index >= 15 is 0 Å². The van der Waals surface area contributed by atoms with Crippen LogP contribution in [0.4, 0.5) is 10.1 Å². The number of nitrogens with zero attached hydrogens (tertiary/aromatic N) is 2. The van der Waals surface area contributed by atoms with Gasteiger partial charge in [0.2, 0.25) is 10.0 Å². The van der Waals surface area contributed by atoms with Gasteiger partial charge in [-0.05, 0) is 37.1 Å². The highest BCUT2D eigenvalue weighted by Gasteiger charge is 2.25. The van der Waals surface area contributed by atoms with Crippen LogP contribution >= 0.6 is 0 Å². The highest BCUT2D eigenvalue weighted by atomic mass is 32.2. The van der Waals surface area contributed by atoms with Crippen molar-refractivity contribution in [3.05, 3.63) is 65.7 Å². The first-order valence-electron chi connectivity index (χ1n) is 10.1. The van der Waals surface area contributed by atoms with Crippen LogP contribution in [-0.4, -0.2) is 57.2 Å². The van der Waals surface area contributed by atoms with E-state index in [0.717, 1.165) is 5.56 Å². The van der Waals surface area contributed by atoms with Crippen molar-refractivity contribution in [3.8, 4) is 0 Å². The predicted molar refractivity (Wildman–Crippen MR) is 117 cm³/mol. The molecule has 162 valence electrons. The number of para-hydroxylation sites is 1. The lowest BCUT2D eigenvalue weighted by Crippen LogP contribution is -2.34. The van der Waals surface area contributed by atoms with Crippen LogP contribution in [0, 0.1) is 0 Å². The van der Waals surface area contributed by atoms with Crippen LogP contribution in [0.2, 0.25) is 0 Å². The van der Waals surface area contributed by atoms with Crippen LogP contribution in [-0.2, 0) is 16.6 Å². The van der Waals surface area contributed by atoms with E-state index in [1.165, 1.54) is 4.31 Å². The Balaban J connectivity index is 1.72. The van der Waals surface area contributed by atoms with Crippen LogP contribution < -0.4 is 10.0 Å². The van der Waals surface area contributed by atoms with Crippen LogP contribution in [0.1, 0.15) is 28.8 Å². The molecule has 1 fully saturated rings. The second-order valence-corrected chi connectivity index (χ2v) is 9.54. The van der Waals surface area contributed by atoms with Crippen molar-refractivity contribution < 1.29 is 17.6 Å². The van der Waals surface area contributed by atoms with Crippen molar-refractivity contribution in [1.82, 2.24) is 4.90 Å². The number of ketones is 1. The highest BCUT2D eigenvalue weighted by Crippen LogP contribution is 2.22. The zero-order valence-electron chi connectivity index (χ0n) is 16.9. The molecule has 0 aromatic heterocycles. The molecule has 1 saturated heterocycles. The molecular weight excluding hydrogens is 405 g/mol. The number of anilines is 1. The lowest BCUT2D eigenvalue weighted by molar-refractivity contribution is 0.100. The summed E-state index contributed by atoms with van der Waals surface area (Å²) in [5.74, 6) is -0.175. The number of hydrogen-bond donors (Lipinski definition) is 1. The molecule has 2 aromatic carbocycles. The molecule has 0 bridgehead atoms. The highest BCUT2D eigenvalue weighted by molar-refractivity contribution is 7.92. The summed E-state index contributed by atoms with van der Waals surface area (Å²) < 4.78 is 41.0. The van der Waals surface area contributed by atoms with Gasteiger partial charge in [-0.2, -0.15) is 0 Å². The normalized spacial score (nSPS) is 17.2. The molecule has 8 heteroatoms. The number of nitrogens with two attached hydrogens (primary N) is 1. The standard InChI is InChI=1S/C22H28FN3O3S/c23-20-11-13-25(17-20)12-4-14-30(28,29)26(21-5-2-1-3-6-21)16-18-7-9-19(10-8-18)22(27)15-24/h1-3,5-10,20H,4,11-17,24H2/t20-/m0/s1. The third kappa shape index (κ3) is 5.87. The van der Waals surface area contributed by atoms with Crippen molar-refractivity contribution in [3.63, 3.8) is 0 Å². The minimum atomic E-state index is -3.58. The Morgan fingerprint density at radius 3 is 2.43 bits per heavy atom. The molecule has 2 N–H and O–H groups in total. The van der Waals surface area contributed by atoms with Crippen molar-refractivity contribution in [2.45, 2.75) is 25.6 Å². The Labute approximate surface area is 177 Å². The summed E-state index contributed by atoms with van der Waals surface area (Å²) in [6, 6.07) is 15.8. The first-order valence-corrected chi connectivity index (χ1v) is 11.7. The molecule has 3 rings (SSSR count). The number of alkyl halides is 1. The van der Waals surface area contributed by atoms with Gasteiger partial charge in [0.15, 0.2) is 5.78 Å². The molecule has 0 aliphatic carbocycles. The van der Waals surface area contributed by atoms with E-state index in [0.29, 0.717) is 43.7 Å². The van der Waals surface area contributed by atoms with Crippen LogP contribution in [0.3, 0.4) is 0 Å². The minimum absolute atomic E-state index is 0.0148. The van der Waals surface area contributed by atoms with Gasteiger partial charge in [0, 0.05) is 18.7 Å².